The maximum Gasteiger partial charge on any atom is 0.234 e. The van der Waals surface area contributed by atoms with Crippen LogP contribution in [0.1, 0.15) is 12.5 Å². The highest BCUT2D eigenvalue weighted by Gasteiger charge is 2.06. The second kappa shape index (κ2) is 4.14. The number of benzene rings is 1. The van der Waals surface area contributed by atoms with Crippen LogP contribution in [0.5, 0.6) is 0 Å². The third-order valence-corrected chi connectivity index (χ3v) is 3.06. The Morgan fingerprint density at radius 1 is 1.33 bits per heavy atom. The lowest BCUT2D eigenvalue weighted by atomic mass is 10.1. The van der Waals surface area contributed by atoms with E-state index in [1.54, 1.807) is 6.20 Å². The van der Waals surface area contributed by atoms with Gasteiger partial charge in [-0.1, -0.05) is 19.1 Å². The molecule has 0 bridgehead atoms. The molecule has 0 aliphatic heterocycles. The molecule has 4 nitrogen and oxygen atoms in total. The quantitative estimate of drug-likeness (QED) is 0.698. The van der Waals surface area contributed by atoms with Gasteiger partial charge >= 0.3 is 0 Å². The highest BCUT2D eigenvalue weighted by molar-refractivity contribution is 5.67. The fraction of sp³-hybridized carbons (Fsp3) is 0.143. The fourth-order valence-corrected chi connectivity index (χ4v) is 2.05. The van der Waals surface area contributed by atoms with Gasteiger partial charge in [0.25, 0.3) is 0 Å². The van der Waals surface area contributed by atoms with E-state index in [1.807, 2.05) is 28.9 Å². The molecule has 0 saturated carbocycles. The van der Waals surface area contributed by atoms with Gasteiger partial charge in [0.2, 0.25) is 5.78 Å². The van der Waals surface area contributed by atoms with E-state index >= 15 is 0 Å². The second-order valence-corrected chi connectivity index (χ2v) is 4.22. The number of nitrogens with two attached hydrogens (primary N) is 1. The van der Waals surface area contributed by atoms with Crippen molar-refractivity contribution in [3.05, 3.63) is 48.4 Å². The van der Waals surface area contributed by atoms with Crippen LogP contribution < -0.4 is 5.73 Å². The van der Waals surface area contributed by atoms with Gasteiger partial charge in [-0.15, -0.1) is 0 Å². The van der Waals surface area contributed by atoms with Crippen LogP contribution >= 0.6 is 0 Å². The molecule has 2 heterocycles. The third-order valence-electron chi connectivity index (χ3n) is 3.06. The van der Waals surface area contributed by atoms with Crippen molar-refractivity contribution in [2.45, 2.75) is 13.3 Å². The first-order valence-electron chi connectivity index (χ1n) is 5.96. The summed E-state index contributed by atoms with van der Waals surface area (Å²) >= 11 is 0. The van der Waals surface area contributed by atoms with Gasteiger partial charge in [0.1, 0.15) is 0 Å². The van der Waals surface area contributed by atoms with E-state index in [0.29, 0.717) is 5.78 Å². The summed E-state index contributed by atoms with van der Waals surface area (Å²) in [6.45, 7) is 2.10. The molecule has 0 fully saturated rings. The van der Waals surface area contributed by atoms with E-state index in [-0.39, 0.29) is 0 Å². The normalized spacial score (nSPS) is 10.9. The van der Waals surface area contributed by atoms with Gasteiger partial charge in [-0.2, -0.15) is 0 Å². The monoisotopic (exact) mass is 238 g/mol. The lowest BCUT2D eigenvalue weighted by Crippen LogP contribution is -1.93. The summed E-state index contributed by atoms with van der Waals surface area (Å²) in [5, 5.41) is 0. The number of hydrogen-bond donors (Lipinski definition) is 1. The topological polar surface area (TPSA) is 56.2 Å². The number of nitrogens with zero attached hydrogens (tertiary/aromatic N) is 3. The summed E-state index contributed by atoms with van der Waals surface area (Å²) in [5.74, 6) is 0.700. The number of aromatic nitrogens is 3. The van der Waals surface area contributed by atoms with Gasteiger partial charge in [-0.05, 0) is 24.1 Å². The predicted molar refractivity (Wildman–Crippen MR) is 72.2 cm³/mol. The van der Waals surface area contributed by atoms with Crippen LogP contribution in [0.3, 0.4) is 0 Å². The molecule has 3 aromatic rings. The van der Waals surface area contributed by atoms with Crippen LogP contribution in [0.2, 0.25) is 0 Å². The van der Waals surface area contributed by atoms with Gasteiger partial charge in [0.15, 0.2) is 0 Å². The summed E-state index contributed by atoms with van der Waals surface area (Å²) in [6, 6.07) is 7.96. The van der Waals surface area contributed by atoms with Crippen LogP contribution in [0.4, 0.5) is 5.69 Å². The van der Waals surface area contributed by atoms with Crippen LogP contribution in [-0.2, 0) is 6.42 Å². The first kappa shape index (κ1) is 10.8. The van der Waals surface area contributed by atoms with Gasteiger partial charge in [-0.25, -0.2) is 9.97 Å². The zero-order valence-electron chi connectivity index (χ0n) is 10.2. The molecule has 90 valence electrons. The average molecular weight is 238 g/mol. The van der Waals surface area contributed by atoms with Crippen LogP contribution in [0.15, 0.2) is 42.9 Å². The first-order valence-corrected chi connectivity index (χ1v) is 5.96. The molecule has 18 heavy (non-hydrogen) atoms. The molecule has 0 atom stereocenters. The lowest BCUT2D eigenvalue weighted by Gasteiger charge is -2.04. The molecule has 3 rings (SSSR count). The van der Waals surface area contributed by atoms with E-state index in [2.05, 4.69) is 29.0 Å². The highest BCUT2D eigenvalue weighted by atomic mass is 15.1. The molecule has 2 aromatic heterocycles. The molecule has 4 heteroatoms. The van der Waals surface area contributed by atoms with E-state index in [4.69, 9.17) is 5.73 Å². The Morgan fingerprint density at radius 3 is 2.94 bits per heavy atom. The molecule has 0 spiro atoms. The minimum atomic E-state index is 0.700. The van der Waals surface area contributed by atoms with Crippen LogP contribution in [0, 0.1) is 0 Å². The minimum Gasteiger partial charge on any atom is -0.398 e. The molecule has 0 amide bonds. The van der Waals surface area contributed by atoms with Crippen molar-refractivity contribution >= 4 is 11.5 Å². The van der Waals surface area contributed by atoms with Gasteiger partial charge in [0, 0.05) is 29.8 Å². The van der Waals surface area contributed by atoms with Crippen molar-refractivity contribution in [1.82, 2.24) is 14.4 Å². The standard InChI is InChI=1S/C14H14N4/c1-2-10-4-5-11(8-12(10)15)13-9-18-7-3-6-16-14(18)17-13/h3-9H,2,15H2,1H3. The van der Waals surface area contributed by atoms with Crippen molar-refractivity contribution in [3.8, 4) is 11.3 Å². The van der Waals surface area contributed by atoms with E-state index in [9.17, 15) is 0 Å². The molecule has 0 radical (unpaired) electrons. The third kappa shape index (κ3) is 1.72. The summed E-state index contributed by atoms with van der Waals surface area (Å²) in [7, 11) is 0. The number of imidazole rings is 1. The summed E-state index contributed by atoms with van der Waals surface area (Å²) < 4.78 is 1.90. The Labute approximate surface area is 105 Å². The van der Waals surface area contributed by atoms with Gasteiger partial charge in [-0.3, -0.25) is 4.40 Å². The van der Waals surface area contributed by atoms with E-state index in [1.165, 1.54) is 5.56 Å². The average Bonchev–Trinajstić information content (AvgIpc) is 2.82. The summed E-state index contributed by atoms with van der Waals surface area (Å²) in [5.41, 5.74) is 9.92. The van der Waals surface area contributed by atoms with Crippen molar-refractivity contribution in [2.75, 3.05) is 5.73 Å². The Hall–Kier alpha value is -2.36. The largest absolute Gasteiger partial charge is 0.398 e. The number of anilines is 1. The molecule has 1 aromatic carbocycles. The van der Waals surface area contributed by atoms with Gasteiger partial charge < -0.3 is 5.73 Å². The number of rotatable bonds is 2. The first-order chi connectivity index (χ1) is 8.78. The molecule has 0 saturated heterocycles. The fourth-order valence-electron chi connectivity index (χ4n) is 2.05. The number of nitrogen functional groups attached to an aromatic ring is 1. The Kier molecular flexibility index (Phi) is 2.48. The number of aryl methyl sites for hydroxylation is 1. The summed E-state index contributed by atoms with van der Waals surface area (Å²) in [6.07, 6.45) is 6.57. The zero-order valence-corrected chi connectivity index (χ0v) is 10.2. The van der Waals surface area contributed by atoms with Crippen molar-refractivity contribution < 1.29 is 0 Å². The maximum absolute atomic E-state index is 6.01. The van der Waals surface area contributed by atoms with Crippen molar-refractivity contribution in [2.24, 2.45) is 0 Å². The van der Waals surface area contributed by atoms with Crippen LogP contribution in [0.25, 0.3) is 17.0 Å². The molecule has 0 aliphatic carbocycles. The SMILES string of the molecule is CCc1ccc(-c2cn3cccnc3n2)cc1N. The molecular formula is C14H14N4. The van der Waals surface area contributed by atoms with Crippen molar-refractivity contribution in [1.29, 1.82) is 0 Å². The molecule has 0 aliphatic rings. The minimum absolute atomic E-state index is 0.700. The van der Waals surface area contributed by atoms with E-state index < -0.39 is 0 Å². The number of fused-ring (bicyclic) bond motifs is 1. The highest BCUT2D eigenvalue weighted by Crippen LogP contribution is 2.23. The second-order valence-electron chi connectivity index (χ2n) is 4.22. The Morgan fingerprint density at radius 2 is 2.22 bits per heavy atom. The summed E-state index contributed by atoms with van der Waals surface area (Å²) in [4.78, 5) is 8.68. The van der Waals surface area contributed by atoms with Crippen molar-refractivity contribution in [3.63, 3.8) is 0 Å². The molecule has 2 N–H and O–H groups in total. The molecular weight excluding hydrogens is 224 g/mol. The maximum atomic E-state index is 6.01. The predicted octanol–water partition coefficient (Wildman–Crippen LogP) is 2.54. The Bertz CT molecular complexity index is 667. The van der Waals surface area contributed by atoms with Crippen LogP contribution in [-0.4, -0.2) is 14.4 Å². The smallest absolute Gasteiger partial charge is 0.234 e. The Balaban J connectivity index is 2.11. The lowest BCUT2D eigenvalue weighted by molar-refractivity contribution is 1.11. The molecule has 0 unspecified atom stereocenters. The zero-order chi connectivity index (χ0) is 12.5. The van der Waals surface area contributed by atoms with E-state index in [0.717, 1.165) is 23.4 Å². The van der Waals surface area contributed by atoms with Gasteiger partial charge in [0.05, 0.1) is 5.69 Å². The number of hydrogen-bond acceptors (Lipinski definition) is 3.